The van der Waals surface area contributed by atoms with Crippen molar-refractivity contribution >= 4 is 247 Å². The summed E-state index contributed by atoms with van der Waals surface area (Å²) >= 11 is 78.0. The van der Waals surface area contributed by atoms with E-state index in [4.69, 9.17) is 75.8 Å². The number of hydrogen-bond donors (Lipinski definition) is 14. The quantitative estimate of drug-likeness (QED) is 0.0291. The van der Waals surface area contributed by atoms with Crippen molar-refractivity contribution in [3.8, 4) is 0 Å². The predicted octanol–water partition coefficient (Wildman–Crippen LogP) is 9.56. The van der Waals surface area contributed by atoms with Crippen LogP contribution in [0.3, 0.4) is 0 Å². The average molecular weight is 952 g/mol. The Hall–Kier alpha value is 7.00. The highest BCUT2D eigenvalue weighted by Crippen LogP contribution is 2.45. The monoisotopic (exact) mass is 950 g/mol. The van der Waals surface area contributed by atoms with E-state index >= 15 is 0 Å². The molecule has 10 unspecified atom stereocenters. The van der Waals surface area contributed by atoms with Crippen molar-refractivity contribution in [1.29, 1.82) is 0 Å². The van der Waals surface area contributed by atoms with E-state index in [0.29, 0.717) is 42.0 Å². The molecule has 0 fully saturated rings. The van der Waals surface area contributed by atoms with Crippen LogP contribution in [0.4, 0.5) is 0 Å². The maximum atomic E-state index is 5.29. The van der Waals surface area contributed by atoms with Gasteiger partial charge in [0.15, 0.2) is 0 Å². The largest absolute Gasteiger partial charge is 0.178 e. The van der Waals surface area contributed by atoms with Gasteiger partial charge in [0.1, 0.15) is 0 Å². The molecule has 42 heavy (non-hydrogen) atoms. The molecule has 0 amide bonds. The van der Waals surface area contributed by atoms with Crippen LogP contribution in [0.2, 0.25) is 0 Å². The molecule has 0 rings (SSSR count). The van der Waals surface area contributed by atoms with E-state index in [2.05, 4.69) is 101 Å². The molecule has 0 saturated heterocycles. The van der Waals surface area contributed by atoms with Gasteiger partial charge >= 0.3 is 0 Å². The smallest absolute Gasteiger partial charge is 0.0568 e. The molecule has 0 aromatic rings. The molecule has 20 heteroatoms. The Kier molecular flexibility index (Phi) is 35.5. The van der Waals surface area contributed by atoms with E-state index < -0.39 is 0 Å². The fourth-order valence-corrected chi connectivity index (χ4v) is 20.3. The number of hydrogen-bond acceptors (Lipinski definition) is 20. The SMILES string of the molecule is SCSC(SCS)C(C(S)CC(S)C(SCS)C(SCS)C(S)CS)C(S)CC(S)C(SCS)C(SCS)C(S)CS. The zero-order valence-corrected chi connectivity index (χ0v) is 40.1. The summed E-state index contributed by atoms with van der Waals surface area (Å²) in [6.07, 6.45) is 1.63. The fraction of sp³-hybridized carbons (Fsp3) is 1.00. The summed E-state index contributed by atoms with van der Waals surface area (Å²) in [5.41, 5.74) is 0. The van der Waals surface area contributed by atoms with E-state index in [1.807, 2.05) is 47.0 Å². The second-order valence-corrected chi connectivity index (χ2v) is 25.2. The van der Waals surface area contributed by atoms with E-state index in [-0.39, 0.29) is 63.0 Å². The topological polar surface area (TPSA) is 0 Å². The van der Waals surface area contributed by atoms with Gasteiger partial charge in [-0.1, -0.05) is 0 Å². The standard InChI is InChI=1S/C22H46S20/c23-3-15(35)20(39-7-27)18(37-5-25)13(33)1-11(31)17(22(41-9-29)42-10-30)12(32)2-14(34)19(38-6-26)21(40-8-28)16(36)4-24/h11-36H,1-10H2. The predicted molar refractivity (Wildman–Crippen MR) is 265 cm³/mol. The van der Waals surface area contributed by atoms with Crippen LogP contribution in [0.1, 0.15) is 12.8 Å². The molecular formula is C22H46S20. The Morgan fingerprint density at radius 3 is 0.833 bits per heavy atom. The first-order chi connectivity index (χ1) is 20.0. The minimum Gasteiger partial charge on any atom is -0.178 e. The average Bonchev–Trinajstić information content (AvgIpc) is 2.96. The highest BCUT2D eigenvalue weighted by atomic mass is 32.2. The molecule has 0 radical (unpaired) electrons. The fourth-order valence-electron chi connectivity index (χ4n) is 4.37. The second kappa shape index (κ2) is 30.5. The Morgan fingerprint density at radius 2 is 0.595 bits per heavy atom. The van der Waals surface area contributed by atoms with Crippen molar-refractivity contribution in [3.05, 3.63) is 0 Å². The lowest BCUT2D eigenvalue weighted by Crippen LogP contribution is -2.43. The van der Waals surface area contributed by atoms with Crippen molar-refractivity contribution in [2.75, 3.05) is 42.0 Å². The van der Waals surface area contributed by atoms with Gasteiger partial charge in [-0.2, -0.15) is 177 Å². The zero-order valence-electron chi connectivity index (χ0n) is 22.7. The molecule has 0 aromatic heterocycles. The van der Waals surface area contributed by atoms with Gasteiger partial charge in [0.05, 0.1) is 4.58 Å². The van der Waals surface area contributed by atoms with E-state index in [0.717, 1.165) is 12.8 Å². The molecular weight excluding hydrogens is 906 g/mol. The molecule has 0 aliphatic rings. The Balaban J connectivity index is 6.22. The van der Waals surface area contributed by atoms with E-state index in [9.17, 15) is 0 Å². The third-order valence-electron chi connectivity index (χ3n) is 6.25. The van der Waals surface area contributed by atoms with Crippen molar-refractivity contribution in [3.63, 3.8) is 0 Å². The second-order valence-electron chi connectivity index (χ2n) is 8.82. The van der Waals surface area contributed by atoms with Crippen LogP contribution in [0.15, 0.2) is 0 Å². The molecule has 0 saturated carbocycles. The summed E-state index contributed by atoms with van der Waals surface area (Å²) in [6, 6.07) is 0. The van der Waals surface area contributed by atoms with Gasteiger partial charge in [-0.25, -0.2) is 0 Å². The van der Waals surface area contributed by atoms with Crippen LogP contribution in [0, 0.1) is 5.92 Å². The number of thioether (sulfide) groups is 6. The molecule has 0 aliphatic heterocycles. The van der Waals surface area contributed by atoms with Crippen LogP contribution < -0.4 is 0 Å². The molecule has 0 N–H and O–H groups in total. The third-order valence-corrected chi connectivity index (χ3v) is 21.7. The lowest BCUT2D eigenvalue weighted by Gasteiger charge is -2.40. The highest BCUT2D eigenvalue weighted by molar-refractivity contribution is 8.23. The van der Waals surface area contributed by atoms with Gasteiger partial charge in [0, 0.05) is 100 Å². The van der Waals surface area contributed by atoms with Crippen LogP contribution in [0.5, 0.6) is 0 Å². The molecule has 0 bridgehead atoms. The Morgan fingerprint density at radius 1 is 0.333 bits per heavy atom. The molecule has 0 heterocycles. The van der Waals surface area contributed by atoms with Crippen molar-refractivity contribution < 1.29 is 0 Å². The Bertz CT molecular complexity index is 585. The summed E-state index contributed by atoms with van der Waals surface area (Å²) in [5.74, 6) is 1.54. The van der Waals surface area contributed by atoms with Gasteiger partial charge in [0.2, 0.25) is 0 Å². The van der Waals surface area contributed by atoms with Gasteiger partial charge in [-0.05, 0) is 12.8 Å². The lowest BCUT2D eigenvalue weighted by atomic mass is 9.93. The zero-order chi connectivity index (χ0) is 32.2. The summed E-state index contributed by atoms with van der Waals surface area (Å²) in [7, 11) is 0. The highest BCUT2D eigenvalue weighted by Gasteiger charge is 2.40. The molecule has 0 aromatic carbocycles. The summed E-state index contributed by atoms with van der Waals surface area (Å²) < 4.78 is 0.230. The van der Waals surface area contributed by atoms with Crippen LogP contribution in [0.25, 0.3) is 0 Å². The number of rotatable bonds is 27. The van der Waals surface area contributed by atoms with Crippen molar-refractivity contribution in [1.82, 2.24) is 0 Å². The van der Waals surface area contributed by atoms with E-state index in [1.54, 1.807) is 23.5 Å². The normalized spacial score (nSPS) is 20.4. The molecule has 0 aliphatic carbocycles. The first-order valence-electron chi connectivity index (χ1n) is 12.7. The molecule has 254 valence electrons. The first-order valence-corrected chi connectivity index (χ1v) is 27.1. The van der Waals surface area contributed by atoms with Crippen LogP contribution in [-0.2, 0) is 0 Å². The maximum Gasteiger partial charge on any atom is 0.0568 e. The maximum absolute atomic E-state index is 5.29. The third kappa shape index (κ3) is 18.7. The summed E-state index contributed by atoms with van der Waals surface area (Å²) in [6.45, 7) is 0. The van der Waals surface area contributed by atoms with Crippen LogP contribution >= 0.6 is 247 Å². The van der Waals surface area contributed by atoms with Gasteiger partial charge in [-0.3, -0.25) is 0 Å². The first kappa shape index (κ1) is 49.0. The Labute approximate surface area is 359 Å². The molecule has 0 spiro atoms. The number of thiol groups is 14. The van der Waals surface area contributed by atoms with Crippen molar-refractivity contribution in [2.24, 2.45) is 5.92 Å². The summed E-state index contributed by atoms with van der Waals surface area (Å²) in [5, 5.41) is 5.70. The van der Waals surface area contributed by atoms with Gasteiger partial charge in [-0.15, -0.1) is 70.6 Å². The lowest BCUT2D eigenvalue weighted by molar-refractivity contribution is 0.469. The van der Waals surface area contributed by atoms with Crippen molar-refractivity contribution in [2.45, 2.75) is 69.9 Å². The van der Waals surface area contributed by atoms with Gasteiger partial charge in [0.25, 0.3) is 0 Å². The summed E-state index contributed by atoms with van der Waals surface area (Å²) in [4.78, 5) is 0. The minimum absolute atomic E-state index is 0.0491. The molecule has 0 nitrogen and oxygen atoms in total. The van der Waals surface area contributed by atoms with Crippen LogP contribution in [-0.4, -0.2) is 99.1 Å². The van der Waals surface area contributed by atoms with Gasteiger partial charge < -0.3 is 0 Å². The minimum atomic E-state index is 0.0491. The molecule has 10 atom stereocenters. The van der Waals surface area contributed by atoms with E-state index in [1.165, 1.54) is 0 Å².